The van der Waals surface area contributed by atoms with Crippen LogP contribution < -0.4 is 27.3 Å². The molecule has 8 nitrogen and oxygen atoms in total. The summed E-state index contributed by atoms with van der Waals surface area (Å²) in [7, 11) is 0. The Morgan fingerprint density at radius 1 is 1.21 bits per heavy atom. The van der Waals surface area contributed by atoms with Gasteiger partial charge in [0.2, 0.25) is 0 Å². The number of pyridine rings is 1. The third-order valence-corrected chi connectivity index (χ3v) is 2.11. The average molecular weight is 267 g/mol. The Bertz CT molecular complexity index is 441. The molecule has 2 amide bonds. The summed E-state index contributed by atoms with van der Waals surface area (Å²) in [4.78, 5) is 26.7. The Morgan fingerprint density at radius 3 is 2.05 bits per heavy atom. The zero-order valence-electron chi connectivity index (χ0n) is 10.8. The van der Waals surface area contributed by atoms with E-state index in [1.807, 2.05) is 24.7 Å². The largest absolute Gasteiger partial charge is 0.493 e. The number of ether oxygens (including phenoxy) is 1. The van der Waals surface area contributed by atoms with Crippen molar-refractivity contribution in [2.75, 3.05) is 6.61 Å². The van der Waals surface area contributed by atoms with Gasteiger partial charge in [-0.3, -0.25) is 20.4 Å². The molecule has 1 aromatic heterocycles. The lowest BCUT2D eigenvalue weighted by molar-refractivity contribution is 0.0943. The number of hydrogen-bond donors (Lipinski definition) is 4. The molecule has 1 aromatic rings. The molecule has 104 valence electrons. The molecule has 0 aliphatic heterocycles. The van der Waals surface area contributed by atoms with Gasteiger partial charge in [-0.1, -0.05) is 13.8 Å². The number of carbonyl (C=O) groups excluding carboxylic acids is 2. The minimum atomic E-state index is -0.624. The number of rotatable bonds is 5. The highest BCUT2D eigenvalue weighted by molar-refractivity contribution is 5.96. The SMILES string of the molecule is CC(C)COc1cc(C(=O)NN)nc(C(=O)NN)c1. The van der Waals surface area contributed by atoms with E-state index in [1.54, 1.807) is 0 Å². The maximum Gasteiger partial charge on any atom is 0.283 e. The molecule has 0 aromatic carbocycles. The van der Waals surface area contributed by atoms with Crippen LogP contribution in [-0.2, 0) is 0 Å². The highest BCUT2D eigenvalue weighted by atomic mass is 16.5. The van der Waals surface area contributed by atoms with E-state index in [4.69, 9.17) is 16.4 Å². The molecule has 0 unspecified atom stereocenters. The van der Waals surface area contributed by atoms with Crippen molar-refractivity contribution in [3.63, 3.8) is 0 Å². The van der Waals surface area contributed by atoms with Crippen LogP contribution in [0.25, 0.3) is 0 Å². The van der Waals surface area contributed by atoms with E-state index < -0.39 is 11.8 Å². The van der Waals surface area contributed by atoms with Crippen LogP contribution in [0.2, 0.25) is 0 Å². The standard InChI is InChI=1S/C11H17N5O3/c1-6(2)5-19-7-3-8(10(17)15-12)14-9(4-7)11(18)16-13/h3-4,6H,5,12-13H2,1-2H3,(H,15,17)(H,16,18). The molecule has 0 radical (unpaired) electrons. The van der Waals surface area contributed by atoms with Crippen LogP contribution in [0.15, 0.2) is 12.1 Å². The van der Waals surface area contributed by atoms with E-state index in [0.717, 1.165) is 0 Å². The molecular formula is C11H17N5O3. The summed E-state index contributed by atoms with van der Waals surface area (Å²) < 4.78 is 5.46. The average Bonchev–Trinajstić information content (AvgIpc) is 2.42. The van der Waals surface area contributed by atoms with Gasteiger partial charge >= 0.3 is 0 Å². The van der Waals surface area contributed by atoms with Crippen LogP contribution in [0.5, 0.6) is 5.75 Å². The number of amides is 2. The number of hydrazine groups is 2. The summed E-state index contributed by atoms with van der Waals surface area (Å²) in [5, 5.41) is 0. The zero-order chi connectivity index (χ0) is 14.4. The Kier molecular flexibility index (Phi) is 5.22. The van der Waals surface area contributed by atoms with Crippen molar-refractivity contribution in [3.8, 4) is 5.75 Å². The summed E-state index contributed by atoms with van der Waals surface area (Å²) in [6.07, 6.45) is 0. The number of hydrogen-bond acceptors (Lipinski definition) is 6. The topological polar surface area (TPSA) is 132 Å². The summed E-state index contributed by atoms with van der Waals surface area (Å²) in [6.45, 7) is 4.39. The smallest absolute Gasteiger partial charge is 0.283 e. The van der Waals surface area contributed by atoms with Crippen molar-refractivity contribution in [3.05, 3.63) is 23.5 Å². The first-order chi connectivity index (χ1) is 8.97. The maximum atomic E-state index is 11.4. The van der Waals surface area contributed by atoms with Crippen molar-refractivity contribution in [1.29, 1.82) is 0 Å². The maximum absolute atomic E-state index is 11.4. The van der Waals surface area contributed by atoms with Crippen molar-refractivity contribution in [2.24, 2.45) is 17.6 Å². The Balaban J connectivity index is 3.08. The van der Waals surface area contributed by atoms with Gasteiger partial charge in [0.05, 0.1) is 6.61 Å². The molecule has 19 heavy (non-hydrogen) atoms. The van der Waals surface area contributed by atoms with Crippen molar-refractivity contribution < 1.29 is 14.3 Å². The Labute approximate surface area is 110 Å². The normalized spacial score (nSPS) is 10.2. The summed E-state index contributed by atoms with van der Waals surface area (Å²) in [6, 6.07) is 2.80. The fourth-order valence-electron chi connectivity index (χ4n) is 1.23. The van der Waals surface area contributed by atoms with Gasteiger partial charge in [-0.15, -0.1) is 0 Å². The van der Waals surface area contributed by atoms with Gasteiger partial charge in [0.15, 0.2) is 0 Å². The molecule has 6 N–H and O–H groups in total. The van der Waals surface area contributed by atoms with Gasteiger partial charge in [-0.05, 0) is 5.92 Å². The minimum Gasteiger partial charge on any atom is -0.493 e. The van der Waals surface area contributed by atoms with Crippen LogP contribution >= 0.6 is 0 Å². The second-order valence-corrected chi connectivity index (χ2v) is 4.23. The summed E-state index contributed by atoms with van der Waals surface area (Å²) >= 11 is 0. The first-order valence-electron chi connectivity index (χ1n) is 5.64. The number of nitrogens with zero attached hydrogens (tertiary/aromatic N) is 1. The van der Waals surface area contributed by atoms with E-state index in [0.29, 0.717) is 18.3 Å². The zero-order valence-corrected chi connectivity index (χ0v) is 10.8. The number of nitrogens with one attached hydrogen (secondary N) is 2. The lowest BCUT2D eigenvalue weighted by Gasteiger charge is -2.11. The van der Waals surface area contributed by atoms with Crippen LogP contribution in [0, 0.1) is 5.92 Å². The van der Waals surface area contributed by atoms with Crippen molar-refractivity contribution in [2.45, 2.75) is 13.8 Å². The number of nitrogens with two attached hydrogens (primary N) is 2. The monoisotopic (exact) mass is 267 g/mol. The molecule has 0 aliphatic rings. The van der Waals surface area contributed by atoms with E-state index in [-0.39, 0.29) is 11.4 Å². The lowest BCUT2D eigenvalue weighted by atomic mass is 10.2. The molecule has 0 fully saturated rings. The molecule has 0 aliphatic carbocycles. The Hall–Kier alpha value is -2.19. The molecule has 0 atom stereocenters. The van der Waals surface area contributed by atoms with Crippen molar-refractivity contribution >= 4 is 11.8 Å². The predicted octanol–water partition coefficient (Wildman–Crippen LogP) is -0.677. The molecular weight excluding hydrogens is 250 g/mol. The van der Waals surface area contributed by atoms with Gasteiger partial charge in [0, 0.05) is 12.1 Å². The van der Waals surface area contributed by atoms with E-state index >= 15 is 0 Å². The van der Waals surface area contributed by atoms with E-state index in [9.17, 15) is 9.59 Å². The fourth-order valence-corrected chi connectivity index (χ4v) is 1.23. The highest BCUT2D eigenvalue weighted by Gasteiger charge is 2.14. The Morgan fingerprint density at radius 2 is 1.68 bits per heavy atom. The first-order valence-corrected chi connectivity index (χ1v) is 5.64. The van der Waals surface area contributed by atoms with Gasteiger partial charge in [0.1, 0.15) is 17.1 Å². The van der Waals surface area contributed by atoms with Crippen LogP contribution in [0.4, 0.5) is 0 Å². The quantitative estimate of drug-likeness (QED) is 0.317. The van der Waals surface area contributed by atoms with Gasteiger partial charge in [-0.25, -0.2) is 16.7 Å². The number of aromatic nitrogens is 1. The molecule has 1 heterocycles. The fraction of sp³-hybridized carbons (Fsp3) is 0.364. The summed E-state index contributed by atoms with van der Waals surface area (Å²) in [5.41, 5.74) is 3.82. The van der Waals surface area contributed by atoms with Gasteiger partial charge in [-0.2, -0.15) is 0 Å². The van der Waals surface area contributed by atoms with Gasteiger partial charge in [0.25, 0.3) is 11.8 Å². The highest BCUT2D eigenvalue weighted by Crippen LogP contribution is 2.15. The first kappa shape index (κ1) is 14.9. The molecule has 8 heteroatoms. The minimum absolute atomic E-state index is 0.0256. The van der Waals surface area contributed by atoms with E-state index in [1.165, 1.54) is 12.1 Å². The summed E-state index contributed by atoms with van der Waals surface area (Å²) in [5.74, 6) is 9.46. The second kappa shape index (κ2) is 6.66. The molecule has 0 bridgehead atoms. The second-order valence-electron chi connectivity index (χ2n) is 4.23. The van der Waals surface area contributed by atoms with Crippen LogP contribution in [0.3, 0.4) is 0 Å². The van der Waals surface area contributed by atoms with Crippen LogP contribution in [-0.4, -0.2) is 23.4 Å². The third-order valence-electron chi connectivity index (χ3n) is 2.11. The van der Waals surface area contributed by atoms with Gasteiger partial charge < -0.3 is 4.74 Å². The molecule has 1 rings (SSSR count). The number of nitrogen functional groups attached to an aromatic ring is 2. The van der Waals surface area contributed by atoms with E-state index in [2.05, 4.69) is 4.98 Å². The van der Waals surface area contributed by atoms with Crippen LogP contribution in [0.1, 0.15) is 34.8 Å². The molecule has 0 saturated carbocycles. The predicted molar refractivity (Wildman–Crippen MR) is 67.9 cm³/mol. The van der Waals surface area contributed by atoms with Crippen molar-refractivity contribution in [1.82, 2.24) is 15.8 Å². The molecule has 0 spiro atoms. The third kappa shape index (κ3) is 4.19. The number of carbonyl (C=O) groups is 2. The molecule has 0 saturated heterocycles. The lowest BCUT2D eigenvalue weighted by Crippen LogP contribution is -2.33.